The van der Waals surface area contributed by atoms with E-state index in [0.717, 1.165) is 41.4 Å². The number of rotatable bonds is 6. The molecule has 1 saturated heterocycles. The van der Waals surface area contributed by atoms with Crippen LogP contribution in [0.2, 0.25) is 5.02 Å². The second-order valence-electron chi connectivity index (χ2n) is 5.97. The molecule has 0 bridgehead atoms. The maximum absolute atomic E-state index is 6.05. The topological polar surface area (TPSA) is 24.5 Å². The molecule has 0 aromatic heterocycles. The van der Waals surface area contributed by atoms with Gasteiger partial charge in [0.2, 0.25) is 0 Å². The maximum atomic E-state index is 6.05. The summed E-state index contributed by atoms with van der Waals surface area (Å²) in [5.41, 5.74) is 1.14. The van der Waals surface area contributed by atoms with Gasteiger partial charge < -0.3 is 15.0 Å². The Morgan fingerprint density at radius 3 is 2.95 bits per heavy atom. The van der Waals surface area contributed by atoms with Crippen molar-refractivity contribution in [2.75, 3.05) is 26.7 Å². The average Bonchev–Trinajstić information content (AvgIpc) is 3.19. The van der Waals surface area contributed by atoms with Crippen molar-refractivity contribution < 1.29 is 4.74 Å². The number of hydrogen-bond acceptors (Lipinski definition) is 3. The SMILES string of the molecule is COc1ccc(Cl)cc1CNCC1CCN(C2CC2)C1. The quantitative estimate of drug-likeness (QED) is 0.873. The van der Waals surface area contributed by atoms with Gasteiger partial charge in [0.15, 0.2) is 0 Å². The van der Waals surface area contributed by atoms with E-state index in [1.54, 1.807) is 7.11 Å². The zero-order valence-electron chi connectivity index (χ0n) is 12.1. The minimum absolute atomic E-state index is 0.767. The first-order valence-electron chi connectivity index (χ1n) is 7.53. The van der Waals surface area contributed by atoms with Gasteiger partial charge in [-0.05, 0) is 56.5 Å². The molecule has 1 heterocycles. The number of hydrogen-bond donors (Lipinski definition) is 1. The Morgan fingerprint density at radius 2 is 2.20 bits per heavy atom. The van der Waals surface area contributed by atoms with Crippen molar-refractivity contribution in [2.45, 2.75) is 31.8 Å². The van der Waals surface area contributed by atoms with Gasteiger partial charge in [0.05, 0.1) is 7.11 Å². The summed E-state index contributed by atoms with van der Waals surface area (Å²) in [5, 5.41) is 4.33. The number of nitrogens with zero attached hydrogens (tertiary/aromatic N) is 1. The van der Waals surface area contributed by atoms with E-state index >= 15 is 0 Å². The van der Waals surface area contributed by atoms with Gasteiger partial charge in [-0.1, -0.05) is 11.6 Å². The minimum Gasteiger partial charge on any atom is -0.496 e. The van der Waals surface area contributed by atoms with E-state index in [1.807, 2.05) is 18.2 Å². The molecule has 4 heteroatoms. The smallest absolute Gasteiger partial charge is 0.123 e. The third kappa shape index (κ3) is 3.46. The van der Waals surface area contributed by atoms with Crippen LogP contribution >= 0.6 is 11.6 Å². The fourth-order valence-corrected chi connectivity index (χ4v) is 3.29. The van der Waals surface area contributed by atoms with E-state index in [1.165, 1.54) is 32.4 Å². The maximum Gasteiger partial charge on any atom is 0.123 e. The van der Waals surface area contributed by atoms with E-state index in [-0.39, 0.29) is 0 Å². The molecule has 0 amide bonds. The average molecular weight is 295 g/mol. The summed E-state index contributed by atoms with van der Waals surface area (Å²) >= 11 is 6.05. The van der Waals surface area contributed by atoms with Gasteiger partial charge >= 0.3 is 0 Å². The molecule has 1 aliphatic heterocycles. The van der Waals surface area contributed by atoms with Gasteiger partial charge in [0, 0.05) is 29.7 Å². The van der Waals surface area contributed by atoms with Crippen LogP contribution in [0.5, 0.6) is 5.75 Å². The third-order valence-corrected chi connectivity index (χ3v) is 4.61. The molecule has 20 heavy (non-hydrogen) atoms. The zero-order valence-corrected chi connectivity index (χ0v) is 12.8. The molecule has 1 aromatic rings. The number of ether oxygens (including phenoxy) is 1. The van der Waals surface area contributed by atoms with Gasteiger partial charge in [0.1, 0.15) is 5.75 Å². The van der Waals surface area contributed by atoms with E-state index in [4.69, 9.17) is 16.3 Å². The lowest BCUT2D eigenvalue weighted by Crippen LogP contribution is -2.27. The van der Waals surface area contributed by atoms with Crippen molar-refractivity contribution in [3.05, 3.63) is 28.8 Å². The molecule has 1 aliphatic carbocycles. The van der Waals surface area contributed by atoms with Crippen LogP contribution in [-0.2, 0) is 6.54 Å². The highest BCUT2D eigenvalue weighted by Gasteiger charge is 2.33. The van der Waals surface area contributed by atoms with Crippen LogP contribution in [0.15, 0.2) is 18.2 Å². The number of likely N-dealkylation sites (tertiary alicyclic amines) is 1. The first-order chi connectivity index (χ1) is 9.76. The number of halogens is 1. The summed E-state index contributed by atoms with van der Waals surface area (Å²) in [4.78, 5) is 2.66. The highest BCUT2D eigenvalue weighted by atomic mass is 35.5. The second-order valence-corrected chi connectivity index (χ2v) is 6.40. The van der Waals surface area contributed by atoms with Gasteiger partial charge in [0.25, 0.3) is 0 Å². The van der Waals surface area contributed by atoms with E-state index < -0.39 is 0 Å². The predicted octanol–water partition coefficient (Wildman–Crippen LogP) is 2.92. The molecule has 1 N–H and O–H groups in total. The second kappa shape index (κ2) is 6.33. The summed E-state index contributed by atoms with van der Waals surface area (Å²) in [6, 6.07) is 6.70. The summed E-state index contributed by atoms with van der Waals surface area (Å²) in [6.07, 6.45) is 4.16. The fourth-order valence-electron chi connectivity index (χ4n) is 3.10. The minimum atomic E-state index is 0.767. The van der Waals surface area contributed by atoms with E-state index in [2.05, 4.69) is 10.2 Å². The Bertz CT molecular complexity index is 462. The molecular formula is C16H23ClN2O. The molecule has 2 aliphatic rings. The molecule has 1 atom stereocenters. The Hall–Kier alpha value is -0.770. The van der Waals surface area contributed by atoms with Crippen molar-refractivity contribution in [1.82, 2.24) is 10.2 Å². The van der Waals surface area contributed by atoms with Gasteiger partial charge in [-0.15, -0.1) is 0 Å². The van der Waals surface area contributed by atoms with Gasteiger partial charge in [-0.25, -0.2) is 0 Å². The number of nitrogens with one attached hydrogen (secondary N) is 1. The molecule has 1 unspecified atom stereocenters. The van der Waals surface area contributed by atoms with Crippen molar-refractivity contribution >= 4 is 11.6 Å². The molecule has 0 radical (unpaired) electrons. The Labute approximate surface area is 126 Å². The van der Waals surface area contributed by atoms with Crippen molar-refractivity contribution in [3.8, 4) is 5.75 Å². The standard InChI is InChI=1S/C16H23ClN2O/c1-20-16-5-2-14(17)8-13(16)10-18-9-12-6-7-19(11-12)15-3-4-15/h2,5,8,12,15,18H,3-4,6-7,9-11H2,1H3. The monoisotopic (exact) mass is 294 g/mol. The lowest BCUT2D eigenvalue weighted by Gasteiger charge is -2.15. The predicted molar refractivity (Wildman–Crippen MR) is 82.4 cm³/mol. The molecule has 1 aromatic carbocycles. The Balaban J connectivity index is 1.46. The van der Waals surface area contributed by atoms with Crippen LogP contribution in [0.3, 0.4) is 0 Å². The summed E-state index contributed by atoms with van der Waals surface area (Å²) < 4.78 is 5.37. The molecule has 3 nitrogen and oxygen atoms in total. The normalized spacial score (nSPS) is 23.2. The largest absolute Gasteiger partial charge is 0.496 e. The molecule has 3 rings (SSSR count). The lowest BCUT2D eigenvalue weighted by molar-refractivity contribution is 0.311. The van der Waals surface area contributed by atoms with Gasteiger partial charge in [-0.3, -0.25) is 0 Å². The fraction of sp³-hybridized carbons (Fsp3) is 0.625. The molecule has 1 saturated carbocycles. The first-order valence-corrected chi connectivity index (χ1v) is 7.91. The third-order valence-electron chi connectivity index (χ3n) is 4.37. The van der Waals surface area contributed by atoms with Gasteiger partial charge in [-0.2, -0.15) is 0 Å². The van der Waals surface area contributed by atoms with Crippen molar-refractivity contribution in [2.24, 2.45) is 5.92 Å². The summed E-state index contributed by atoms with van der Waals surface area (Å²) in [5.74, 6) is 1.70. The van der Waals surface area contributed by atoms with Crippen LogP contribution in [0.25, 0.3) is 0 Å². The van der Waals surface area contributed by atoms with Crippen molar-refractivity contribution in [1.29, 1.82) is 0 Å². The summed E-state index contributed by atoms with van der Waals surface area (Å²) in [6.45, 7) is 4.46. The van der Waals surface area contributed by atoms with Crippen LogP contribution < -0.4 is 10.1 Å². The first kappa shape index (κ1) is 14.2. The van der Waals surface area contributed by atoms with Crippen LogP contribution in [0.1, 0.15) is 24.8 Å². The highest BCUT2D eigenvalue weighted by molar-refractivity contribution is 6.30. The number of benzene rings is 1. The van der Waals surface area contributed by atoms with E-state index in [0.29, 0.717) is 0 Å². The van der Waals surface area contributed by atoms with Crippen molar-refractivity contribution in [3.63, 3.8) is 0 Å². The molecular weight excluding hydrogens is 272 g/mol. The van der Waals surface area contributed by atoms with Crippen LogP contribution in [0.4, 0.5) is 0 Å². The van der Waals surface area contributed by atoms with Crippen LogP contribution in [-0.4, -0.2) is 37.7 Å². The Morgan fingerprint density at radius 1 is 1.35 bits per heavy atom. The molecule has 0 spiro atoms. The lowest BCUT2D eigenvalue weighted by atomic mass is 10.1. The summed E-state index contributed by atoms with van der Waals surface area (Å²) in [7, 11) is 1.71. The zero-order chi connectivity index (χ0) is 13.9. The number of methoxy groups -OCH3 is 1. The highest BCUT2D eigenvalue weighted by Crippen LogP contribution is 2.31. The Kier molecular flexibility index (Phi) is 4.49. The molecule has 110 valence electrons. The molecule has 2 fully saturated rings. The van der Waals surface area contributed by atoms with E-state index in [9.17, 15) is 0 Å². The van der Waals surface area contributed by atoms with Crippen LogP contribution in [0, 0.1) is 5.92 Å².